The van der Waals surface area contributed by atoms with Gasteiger partial charge < -0.3 is 44.5 Å². The number of aliphatic hydroxyl groups is 3. The van der Waals surface area contributed by atoms with Crippen molar-refractivity contribution < 1.29 is 68.2 Å². The molecule has 13 heteroatoms. The third-order valence-electron chi connectivity index (χ3n) is 8.31. The molecule has 5 atom stereocenters. The van der Waals surface area contributed by atoms with Gasteiger partial charge >= 0.3 is 18.9 Å². The van der Waals surface area contributed by atoms with Gasteiger partial charge in [0, 0.05) is 32.6 Å². The Kier molecular flexibility index (Phi) is 11.3. The van der Waals surface area contributed by atoms with Crippen LogP contribution in [0.4, 0.5) is 0 Å². The number of fused-ring (bicyclic) bond motifs is 1. The molecule has 0 radical (unpaired) electrons. The van der Waals surface area contributed by atoms with E-state index in [0.717, 1.165) is 24.3 Å². The van der Waals surface area contributed by atoms with Crippen molar-refractivity contribution in [3.8, 4) is 27.7 Å². The van der Waals surface area contributed by atoms with E-state index >= 15 is 0 Å². The number of likely N-dealkylation sites (tertiary alicyclic amines) is 1. The standard InChI is InChI=1S/C34H35NO10S.Li/c36-21-8-13-24-25(18-21)46-32(20-6-11-23(12-7-20)44-34-30(40)28(38)29(39)31(45-34)33(41)42)26(24)27(37)19-4-9-22(10-5-19)43-17-16-35-14-2-1-3-15-35;/h4-13,18,28-31,34,36,38-40H,1-3,14-17H2,(H,41,42);/q;+1/p-1/t28-,29-,30+,31-,34+;/m0./s1. The van der Waals surface area contributed by atoms with Crippen LogP contribution in [0.2, 0.25) is 0 Å². The summed E-state index contributed by atoms with van der Waals surface area (Å²) in [6.07, 6.45) is -5.21. The van der Waals surface area contributed by atoms with E-state index in [-0.39, 0.29) is 36.1 Å². The number of hydrogen-bond acceptors (Lipinski definition) is 12. The summed E-state index contributed by atoms with van der Waals surface area (Å²) >= 11 is 1.34. The van der Waals surface area contributed by atoms with E-state index < -0.39 is 36.7 Å². The van der Waals surface area contributed by atoms with Crippen LogP contribution in [0.15, 0.2) is 66.7 Å². The minimum Gasteiger partial charge on any atom is -0.547 e. The van der Waals surface area contributed by atoms with Crippen LogP contribution in [-0.2, 0) is 9.53 Å². The number of piperidine rings is 1. The molecule has 1 aromatic heterocycles. The number of thiophene rings is 1. The van der Waals surface area contributed by atoms with Crippen molar-refractivity contribution >= 4 is 33.2 Å². The van der Waals surface area contributed by atoms with Crippen molar-refractivity contribution in [2.75, 3.05) is 26.2 Å². The largest absolute Gasteiger partial charge is 1.00 e. The van der Waals surface area contributed by atoms with Crippen LogP contribution in [0, 0.1) is 0 Å². The van der Waals surface area contributed by atoms with E-state index in [1.54, 1.807) is 60.7 Å². The van der Waals surface area contributed by atoms with Gasteiger partial charge in [-0.2, -0.15) is 0 Å². The predicted octanol–water partition coefficient (Wildman–Crippen LogP) is -0.690. The molecule has 47 heavy (non-hydrogen) atoms. The molecule has 0 unspecified atom stereocenters. The number of phenols is 1. The summed E-state index contributed by atoms with van der Waals surface area (Å²) in [7, 11) is 0. The predicted molar refractivity (Wildman–Crippen MR) is 167 cm³/mol. The number of aromatic hydroxyl groups is 1. The SMILES string of the molecule is O=C(c1ccc(OCCN2CCCCC2)cc1)c1c(-c2ccc(O[C@@H]3O[C@H](C(=O)[O-])[C@@H](O)[C@H](O)[C@H]3O)cc2)sc2cc(O)ccc12.[Li+]. The monoisotopic (exact) mass is 655 g/mol. The molecule has 0 amide bonds. The second kappa shape index (κ2) is 15.2. The maximum absolute atomic E-state index is 14.0. The van der Waals surface area contributed by atoms with Crippen molar-refractivity contribution in [3.63, 3.8) is 0 Å². The van der Waals surface area contributed by atoms with Gasteiger partial charge in [0.2, 0.25) is 6.29 Å². The van der Waals surface area contributed by atoms with E-state index in [1.807, 2.05) is 0 Å². The molecule has 2 fully saturated rings. The van der Waals surface area contributed by atoms with Crippen LogP contribution >= 0.6 is 11.3 Å². The molecule has 0 saturated carbocycles. The maximum Gasteiger partial charge on any atom is 1.00 e. The number of carbonyl (C=O) groups is 2. The van der Waals surface area contributed by atoms with Crippen molar-refractivity contribution in [2.45, 2.75) is 50.0 Å². The number of benzene rings is 3. The quantitative estimate of drug-likeness (QED) is 0.126. The number of carboxylic acid groups (broad SMARTS) is 1. The Morgan fingerprint density at radius 2 is 1.57 bits per heavy atom. The summed E-state index contributed by atoms with van der Waals surface area (Å²) < 4.78 is 17.4. The first-order valence-corrected chi connectivity index (χ1v) is 15.9. The fraction of sp³-hybridized carbons (Fsp3) is 0.353. The number of aliphatic carboxylic acids is 1. The number of ether oxygens (including phenoxy) is 3. The first-order chi connectivity index (χ1) is 22.2. The molecule has 3 heterocycles. The molecule has 11 nitrogen and oxygen atoms in total. The number of carbonyl (C=O) groups excluding carboxylic acids is 2. The van der Waals surface area contributed by atoms with Gasteiger partial charge in [0.25, 0.3) is 0 Å². The third kappa shape index (κ3) is 7.67. The fourth-order valence-corrected chi connectivity index (χ4v) is 7.03. The van der Waals surface area contributed by atoms with Crippen molar-refractivity contribution in [1.29, 1.82) is 0 Å². The van der Waals surface area contributed by atoms with E-state index in [2.05, 4.69) is 4.90 Å². The zero-order valence-corrected chi connectivity index (χ0v) is 26.6. The molecule has 2 aliphatic heterocycles. The van der Waals surface area contributed by atoms with Crippen LogP contribution in [0.3, 0.4) is 0 Å². The summed E-state index contributed by atoms with van der Waals surface area (Å²) in [5, 5.41) is 52.4. The third-order valence-corrected chi connectivity index (χ3v) is 9.51. The topological polar surface area (TPSA) is 169 Å². The number of nitrogens with zero attached hydrogens (tertiary/aromatic N) is 1. The Bertz CT molecular complexity index is 1690. The van der Waals surface area contributed by atoms with Gasteiger partial charge in [-0.15, -0.1) is 11.3 Å². The van der Waals surface area contributed by atoms with Crippen LogP contribution in [-0.4, -0.2) is 94.0 Å². The maximum atomic E-state index is 14.0. The van der Waals surface area contributed by atoms with Gasteiger partial charge in [-0.25, -0.2) is 0 Å². The van der Waals surface area contributed by atoms with Crippen LogP contribution in [0.1, 0.15) is 35.2 Å². The Balaban J connectivity index is 0.00000433. The number of carboxylic acids is 1. The summed E-state index contributed by atoms with van der Waals surface area (Å²) in [5.41, 5.74) is 1.61. The molecular formula is C34H34LiNO10S. The Morgan fingerprint density at radius 3 is 2.26 bits per heavy atom. The molecule has 2 saturated heterocycles. The van der Waals surface area contributed by atoms with E-state index in [1.165, 1.54) is 36.7 Å². The second-order valence-electron chi connectivity index (χ2n) is 11.4. The number of aliphatic hydroxyl groups excluding tert-OH is 3. The number of ketones is 1. The fourth-order valence-electron chi connectivity index (χ4n) is 5.80. The zero-order valence-electron chi connectivity index (χ0n) is 25.8. The normalized spacial score (nSPS) is 23.2. The average molecular weight is 656 g/mol. The molecule has 0 aliphatic carbocycles. The smallest absolute Gasteiger partial charge is 0.547 e. The van der Waals surface area contributed by atoms with E-state index in [0.29, 0.717) is 39.3 Å². The minimum absolute atomic E-state index is 0. The molecule has 6 rings (SSSR count). The second-order valence-corrected chi connectivity index (χ2v) is 12.5. The molecule has 4 N–H and O–H groups in total. The van der Waals surface area contributed by atoms with Crippen LogP contribution in [0.5, 0.6) is 17.2 Å². The number of rotatable bonds is 10. The first-order valence-electron chi connectivity index (χ1n) is 15.1. The van der Waals surface area contributed by atoms with Crippen LogP contribution < -0.4 is 33.4 Å². The van der Waals surface area contributed by atoms with Crippen molar-refractivity contribution in [2.24, 2.45) is 0 Å². The van der Waals surface area contributed by atoms with Crippen LogP contribution in [0.25, 0.3) is 20.5 Å². The van der Waals surface area contributed by atoms with E-state index in [4.69, 9.17) is 14.2 Å². The number of phenolic OH excluding ortho intramolecular Hbond substituents is 1. The van der Waals surface area contributed by atoms with Gasteiger partial charge in [-0.05, 0) is 98.2 Å². The minimum atomic E-state index is -1.90. The summed E-state index contributed by atoms with van der Waals surface area (Å²) in [6, 6.07) is 18.4. The molecule has 2 aliphatic rings. The van der Waals surface area contributed by atoms with Crippen molar-refractivity contribution in [1.82, 2.24) is 4.90 Å². The molecule has 0 bridgehead atoms. The molecule has 0 spiro atoms. The van der Waals surface area contributed by atoms with Gasteiger partial charge in [0.15, 0.2) is 5.78 Å². The summed E-state index contributed by atoms with van der Waals surface area (Å²) in [5.74, 6) is -1.03. The van der Waals surface area contributed by atoms with E-state index in [9.17, 15) is 35.1 Å². The Labute approximate surface area is 287 Å². The molecule has 242 valence electrons. The summed E-state index contributed by atoms with van der Waals surface area (Å²) in [6.45, 7) is 3.63. The Hall–Kier alpha value is -3.44. The molecular weight excluding hydrogens is 621 g/mol. The first kappa shape index (κ1) is 34.9. The molecule has 4 aromatic rings. The zero-order chi connectivity index (χ0) is 32.4. The average Bonchev–Trinajstić information content (AvgIpc) is 3.44. The van der Waals surface area contributed by atoms with Crippen molar-refractivity contribution in [3.05, 3.63) is 77.9 Å². The van der Waals surface area contributed by atoms with Gasteiger partial charge in [0.05, 0.1) is 5.97 Å². The van der Waals surface area contributed by atoms with Gasteiger partial charge in [0.1, 0.15) is 48.3 Å². The molecule has 3 aromatic carbocycles. The summed E-state index contributed by atoms with van der Waals surface area (Å²) in [4.78, 5) is 28.3. The Morgan fingerprint density at radius 1 is 0.894 bits per heavy atom. The van der Waals surface area contributed by atoms with Gasteiger partial charge in [-0.1, -0.05) is 6.42 Å². The number of hydrogen-bond donors (Lipinski definition) is 4. The van der Waals surface area contributed by atoms with Gasteiger partial charge in [-0.3, -0.25) is 9.69 Å².